The van der Waals surface area contributed by atoms with Gasteiger partial charge in [-0.15, -0.1) is 0 Å². The van der Waals surface area contributed by atoms with E-state index < -0.39 is 0 Å². The number of nitrogens with zero attached hydrogens (tertiary/aromatic N) is 1. The van der Waals surface area contributed by atoms with E-state index in [0.29, 0.717) is 0 Å². The van der Waals surface area contributed by atoms with Crippen LogP contribution in [0, 0.1) is 13.8 Å². The predicted octanol–water partition coefficient (Wildman–Crippen LogP) is 3.69. The third-order valence-electron chi connectivity index (χ3n) is 1.97. The van der Waals surface area contributed by atoms with E-state index in [1.54, 1.807) is 0 Å². The van der Waals surface area contributed by atoms with Gasteiger partial charge < -0.3 is 4.74 Å². The quantitative estimate of drug-likeness (QED) is 0.650. The Morgan fingerprint density at radius 3 is 2.33 bits per heavy atom. The van der Waals surface area contributed by atoms with Gasteiger partial charge in [0.1, 0.15) is 5.75 Å². The summed E-state index contributed by atoms with van der Waals surface area (Å²) < 4.78 is 5.42. The minimum atomic E-state index is 0.821. The van der Waals surface area contributed by atoms with Crippen molar-refractivity contribution in [2.75, 3.05) is 6.61 Å². The fraction of sp³-hybridized carbons (Fsp3) is 0.615. The van der Waals surface area contributed by atoms with Crippen molar-refractivity contribution in [3.63, 3.8) is 0 Å². The lowest BCUT2D eigenvalue weighted by Crippen LogP contribution is -1.91. The molecule has 0 aromatic carbocycles. The van der Waals surface area contributed by atoms with Gasteiger partial charge in [-0.2, -0.15) is 0 Å². The van der Waals surface area contributed by atoms with Crippen LogP contribution in [0.4, 0.5) is 0 Å². The van der Waals surface area contributed by atoms with Crippen LogP contribution in [-0.4, -0.2) is 11.6 Å². The average molecular weight is 209 g/mol. The van der Waals surface area contributed by atoms with Gasteiger partial charge >= 0.3 is 0 Å². The second-order valence-electron chi connectivity index (χ2n) is 2.94. The molecule has 1 aliphatic rings. The van der Waals surface area contributed by atoms with E-state index in [4.69, 9.17) is 4.74 Å². The number of hydrogen-bond donors (Lipinski definition) is 0. The van der Waals surface area contributed by atoms with Crippen LogP contribution in [-0.2, 0) is 6.42 Å². The summed E-state index contributed by atoms with van der Waals surface area (Å²) in [7, 11) is 0. The van der Waals surface area contributed by atoms with Crippen molar-refractivity contribution in [1.29, 1.82) is 0 Å². The first-order valence-corrected chi connectivity index (χ1v) is 5.87. The Morgan fingerprint density at radius 2 is 1.73 bits per heavy atom. The predicted molar refractivity (Wildman–Crippen MR) is 65.6 cm³/mol. The fourth-order valence-electron chi connectivity index (χ4n) is 1.54. The van der Waals surface area contributed by atoms with Crippen molar-refractivity contribution in [1.82, 2.24) is 4.98 Å². The zero-order valence-electron chi connectivity index (χ0n) is 10.8. The molecule has 0 radical (unpaired) electrons. The minimum Gasteiger partial charge on any atom is -0.491 e. The second-order valence-corrected chi connectivity index (χ2v) is 2.94. The normalized spacial score (nSPS) is 11.3. The summed E-state index contributed by atoms with van der Waals surface area (Å²) in [6.45, 7) is 12.8. The molecule has 2 nitrogen and oxygen atoms in total. The van der Waals surface area contributed by atoms with E-state index in [1.807, 2.05) is 41.5 Å². The number of rotatable bonds is 0. The SMILES string of the molecule is CC.CC.Cc1cc2c(c(C)n1)OCC2. The molecule has 0 spiro atoms. The van der Waals surface area contributed by atoms with Crippen LogP contribution in [0.2, 0.25) is 0 Å². The van der Waals surface area contributed by atoms with Gasteiger partial charge in [-0.1, -0.05) is 27.7 Å². The molecule has 0 saturated carbocycles. The molecule has 2 heteroatoms. The standard InChI is InChI=1S/C9H11NO.2C2H6/c1-6-5-8-3-4-11-9(8)7(2)10-6;2*1-2/h5H,3-4H2,1-2H3;2*1-2H3. The molecular weight excluding hydrogens is 186 g/mol. The first-order valence-electron chi connectivity index (χ1n) is 5.87. The zero-order valence-corrected chi connectivity index (χ0v) is 10.8. The molecule has 15 heavy (non-hydrogen) atoms. The highest BCUT2D eigenvalue weighted by Gasteiger charge is 2.15. The largest absolute Gasteiger partial charge is 0.491 e. The van der Waals surface area contributed by atoms with Gasteiger partial charge in [0.25, 0.3) is 0 Å². The molecule has 1 aromatic heterocycles. The first-order chi connectivity index (χ1) is 7.27. The highest BCUT2D eigenvalue weighted by atomic mass is 16.5. The summed E-state index contributed by atoms with van der Waals surface area (Å²) in [4.78, 5) is 4.32. The smallest absolute Gasteiger partial charge is 0.143 e. The van der Waals surface area contributed by atoms with Gasteiger partial charge in [0.15, 0.2) is 0 Å². The van der Waals surface area contributed by atoms with Gasteiger partial charge in [0.05, 0.1) is 12.3 Å². The van der Waals surface area contributed by atoms with E-state index in [2.05, 4.69) is 11.1 Å². The van der Waals surface area contributed by atoms with Crippen LogP contribution >= 0.6 is 0 Å². The summed E-state index contributed by atoms with van der Waals surface area (Å²) in [5.41, 5.74) is 3.43. The molecule has 0 bridgehead atoms. The first kappa shape index (κ1) is 13.9. The van der Waals surface area contributed by atoms with E-state index in [0.717, 1.165) is 30.2 Å². The Balaban J connectivity index is 0.000000442. The molecule has 0 fully saturated rings. The van der Waals surface area contributed by atoms with E-state index >= 15 is 0 Å². The maximum atomic E-state index is 5.42. The van der Waals surface area contributed by atoms with Gasteiger partial charge in [-0.05, 0) is 19.9 Å². The van der Waals surface area contributed by atoms with E-state index in [9.17, 15) is 0 Å². The number of ether oxygens (including phenoxy) is 1. The number of aryl methyl sites for hydroxylation is 2. The maximum absolute atomic E-state index is 5.42. The Labute approximate surface area is 93.7 Å². The van der Waals surface area contributed by atoms with Crippen molar-refractivity contribution in [2.45, 2.75) is 48.0 Å². The van der Waals surface area contributed by atoms with Crippen molar-refractivity contribution in [2.24, 2.45) is 0 Å². The molecule has 2 rings (SSSR count). The topological polar surface area (TPSA) is 22.1 Å². The molecule has 2 heterocycles. The van der Waals surface area contributed by atoms with Crippen molar-refractivity contribution >= 4 is 0 Å². The number of pyridine rings is 1. The molecule has 0 amide bonds. The highest BCUT2D eigenvalue weighted by Crippen LogP contribution is 2.27. The molecule has 1 aliphatic heterocycles. The lowest BCUT2D eigenvalue weighted by Gasteiger charge is -2.02. The summed E-state index contributed by atoms with van der Waals surface area (Å²) in [6, 6.07) is 2.11. The van der Waals surface area contributed by atoms with Gasteiger partial charge in [-0.25, -0.2) is 0 Å². The summed E-state index contributed by atoms with van der Waals surface area (Å²) >= 11 is 0. The molecule has 0 aliphatic carbocycles. The van der Waals surface area contributed by atoms with Crippen molar-refractivity contribution in [3.8, 4) is 5.75 Å². The molecule has 0 N–H and O–H groups in total. The van der Waals surface area contributed by atoms with E-state index in [-0.39, 0.29) is 0 Å². The third kappa shape index (κ3) is 3.54. The second kappa shape index (κ2) is 7.27. The summed E-state index contributed by atoms with van der Waals surface area (Å²) in [5.74, 6) is 1.01. The summed E-state index contributed by atoms with van der Waals surface area (Å²) in [5, 5.41) is 0. The Kier molecular flexibility index (Phi) is 6.76. The fourth-order valence-corrected chi connectivity index (χ4v) is 1.54. The number of fused-ring (bicyclic) bond motifs is 1. The molecular formula is C13H23NO. The Hall–Kier alpha value is -1.05. The molecule has 1 aromatic rings. The van der Waals surface area contributed by atoms with E-state index in [1.165, 1.54) is 5.56 Å². The van der Waals surface area contributed by atoms with Crippen LogP contribution in [0.3, 0.4) is 0 Å². The zero-order chi connectivity index (χ0) is 11.8. The van der Waals surface area contributed by atoms with Crippen LogP contribution in [0.25, 0.3) is 0 Å². The van der Waals surface area contributed by atoms with Crippen molar-refractivity contribution in [3.05, 3.63) is 23.0 Å². The monoisotopic (exact) mass is 209 g/mol. The molecule has 0 atom stereocenters. The highest BCUT2D eigenvalue weighted by molar-refractivity contribution is 5.40. The van der Waals surface area contributed by atoms with Crippen molar-refractivity contribution < 1.29 is 4.74 Å². The van der Waals surface area contributed by atoms with Gasteiger partial charge in [0, 0.05) is 17.7 Å². The maximum Gasteiger partial charge on any atom is 0.143 e. The van der Waals surface area contributed by atoms with Gasteiger partial charge in [0.2, 0.25) is 0 Å². The van der Waals surface area contributed by atoms with Crippen LogP contribution in [0.5, 0.6) is 5.75 Å². The average Bonchev–Trinajstić information content (AvgIpc) is 2.72. The number of hydrogen-bond acceptors (Lipinski definition) is 2. The Bertz CT molecular complexity index is 295. The van der Waals surface area contributed by atoms with Gasteiger partial charge in [-0.3, -0.25) is 4.98 Å². The Morgan fingerprint density at radius 1 is 1.13 bits per heavy atom. The minimum absolute atomic E-state index is 0.821. The molecule has 86 valence electrons. The molecule has 0 unspecified atom stereocenters. The third-order valence-corrected chi connectivity index (χ3v) is 1.97. The van der Waals surface area contributed by atoms with Crippen LogP contribution in [0.1, 0.15) is 44.6 Å². The molecule has 0 saturated heterocycles. The van der Waals surface area contributed by atoms with Crippen LogP contribution in [0.15, 0.2) is 6.07 Å². The van der Waals surface area contributed by atoms with Crippen LogP contribution < -0.4 is 4.74 Å². The lowest BCUT2D eigenvalue weighted by molar-refractivity contribution is 0.353. The number of aromatic nitrogens is 1. The summed E-state index contributed by atoms with van der Waals surface area (Å²) in [6.07, 6.45) is 1.04. The lowest BCUT2D eigenvalue weighted by atomic mass is 10.1.